The lowest BCUT2D eigenvalue weighted by atomic mass is 10.1. The first-order chi connectivity index (χ1) is 7.69. The molecule has 1 unspecified atom stereocenters. The smallest absolute Gasteiger partial charge is 0.205 e. The predicted molar refractivity (Wildman–Crippen MR) is 68.9 cm³/mol. The van der Waals surface area contributed by atoms with E-state index in [1.807, 2.05) is 0 Å². The Bertz CT molecular complexity index is 331. The van der Waals surface area contributed by atoms with Gasteiger partial charge in [-0.05, 0) is 31.1 Å². The van der Waals surface area contributed by atoms with Crippen molar-refractivity contribution in [3.05, 3.63) is 5.01 Å². The van der Waals surface area contributed by atoms with Crippen molar-refractivity contribution < 1.29 is 0 Å². The second kappa shape index (κ2) is 5.13. The Balaban J connectivity index is 1.90. The van der Waals surface area contributed by atoms with Gasteiger partial charge >= 0.3 is 0 Å². The summed E-state index contributed by atoms with van der Waals surface area (Å²) in [5, 5.41) is 14.1. The van der Waals surface area contributed by atoms with Crippen molar-refractivity contribution in [2.45, 2.75) is 52.5 Å². The molecule has 1 aliphatic carbocycles. The van der Waals surface area contributed by atoms with Crippen LogP contribution in [0.3, 0.4) is 0 Å². The summed E-state index contributed by atoms with van der Waals surface area (Å²) in [5.74, 6) is 1.54. The van der Waals surface area contributed by atoms with Gasteiger partial charge in [-0.15, -0.1) is 10.2 Å². The van der Waals surface area contributed by atoms with Crippen molar-refractivity contribution in [1.29, 1.82) is 0 Å². The molecule has 1 fully saturated rings. The Kier molecular flexibility index (Phi) is 3.79. The maximum atomic E-state index is 4.23. The monoisotopic (exact) mass is 239 g/mol. The Labute approximate surface area is 102 Å². The minimum atomic E-state index is 0.611. The molecule has 2 rings (SSSR count). The number of nitrogens with one attached hydrogen (secondary N) is 1. The van der Waals surface area contributed by atoms with Crippen molar-refractivity contribution in [3.63, 3.8) is 0 Å². The topological polar surface area (TPSA) is 37.8 Å². The minimum absolute atomic E-state index is 0.611. The molecule has 3 nitrogen and oxygen atoms in total. The summed E-state index contributed by atoms with van der Waals surface area (Å²) in [6.07, 6.45) is 4.98. The largest absolute Gasteiger partial charge is 0.357 e. The third kappa shape index (κ3) is 3.17. The van der Waals surface area contributed by atoms with E-state index >= 15 is 0 Å². The van der Waals surface area contributed by atoms with Gasteiger partial charge in [-0.3, -0.25) is 0 Å². The van der Waals surface area contributed by atoms with Gasteiger partial charge in [-0.2, -0.15) is 0 Å². The lowest BCUT2D eigenvalue weighted by Crippen LogP contribution is -2.20. The third-order valence-corrected chi connectivity index (χ3v) is 3.87. The van der Waals surface area contributed by atoms with Gasteiger partial charge in [-0.25, -0.2) is 0 Å². The van der Waals surface area contributed by atoms with Crippen LogP contribution in [-0.2, 0) is 6.42 Å². The number of hydrogen-bond acceptors (Lipinski definition) is 4. The van der Waals surface area contributed by atoms with Gasteiger partial charge in [0.1, 0.15) is 5.01 Å². The van der Waals surface area contributed by atoms with Crippen LogP contribution >= 0.6 is 11.3 Å². The van der Waals surface area contributed by atoms with Crippen molar-refractivity contribution in [2.75, 3.05) is 5.32 Å². The molecule has 4 heteroatoms. The van der Waals surface area contributed by atoms with E-state index in [1.54, 1.807) is 11.3 Å². The average Bonchev–Trinajstić information content (AvgIpc) is 2.98. The fourth-order valence-electron chi connectivity index (χ4n) is 1.95. The van der Waals surface area contributed by atoms with E-state index in [4.69, 9.17) is 0 Å². The number of nitrogens with zero attached hydrogens (tertiary/aromatic N) is 2. The number of aromatic nitrogens is 2. The second-order valence-electron chi connectivity index (χ2n) is 5.10. The van der Waals surface area contributed by atoms with E-state index in [2.05, 4.69) is 36.3 Å². The summed E-state index contributed by atoms with van der Waals surface area (Å²) in [7, 11) is 0. The molecule has 0 aliphatic heterocycles. The molecule has 16 heavy (non-hydrogen) atoms. The summed E-state index contributed by atoms with van der Waals surface area (Å²) in [5.41, 5.74) is 0. The van der Waals surface area contributed by atoms with Crippen LogP contribution in [0.15, 0.2) is 0 Å². The van der Waals surface area contributed by atoms with Crippen LogP contribution in [0.2, 0.25) is 0 Å². The van der Waals surface area contributed by atoms with Gasteiger partial charge < -0.3 is 5.32 Å². The van der Waals surface area contributed by atoms with Crippen molar-refractivity contribution in [1.82, 2.24) is 10.2 Å². The third-order valence-electron chi connectivity index (χ3n) is 2.99. The molecule has 0 radical (unpaired) electrons. The molecule has 90 valence electrons. The minimum Gasteiger partial charge on any atom is -0.357 e. The van der Waals surface area contributed by atoms with E-state index in [1.165, 1.54) is 19.3 Å². The van der Waals surface area contributed by atoms with Gasteiger partial charge in [0, 0.05) is 12.5 Å². The molecule has 1 aromatic rings. The number of hydrogen-bond donors (Lipinski definition) is 1. The molecule has 0 saturated heterocycles. The molecule has 0 bridgehead atoms. The molecule has 1 aliphatic rings. The summed E-state index contributed by atoms with van der Waals surface area (Å²) in [6, 6.07) is 0.611. The predicted octanol–water partition coefficient (Wildman–Crippen LogP) is 3.34. The molecular weight excluding hydrogens is 218 g/mol. The van der Waals surface area contributed by atoms with Crippen molar-refractivity contribution in [3.8, 4) is 0 Å². The van der Waals surface area contributed by atoms with Gasteiger partial charge in [0.25, 0.3) is 0 Å². The Morgan fingerprint density at radius 1 is 1.38 bits per heavy atom. The molecule has 0 spiro atoms. The van der Waals surface area contributed by atoms with Crippen LogP contribution in [0.1, 0.15) is 45.0 Å². The van der Waals surface area contributed by atoms with Crippen LogP contribution in [-0.4, -0.2) is 16.2 Å². The first kappa shape index (κ1) is 11.8. The highest BCUT2D eigenvalue weighted by Crippen LogP contribution is 2.36. The molecule has 0 aromatic carbocycles. The van der Waals surface area contributed by atoms with Crippen molar-refractivity contribution in [2.24, 2.45) is 11.8 Å². The summed E-state index contributed by atoms with van der Waals surface area (Å²) < 4.78 is 0. The van der Waals surface area contributed by atoms with Gasteiger partial charge in [-0.1, -0.05) is 32.1 Å². The highest BCUT2D eigenvalue weighted by molar-refractivity contribution is 7.15. The van der Waals surface area contributed by atoms with Gasteiger partial charge in [0.2, 0.25) is 5.13 Å². The first-order valence-electron chi connectivity index (χ1n) is 6.28. The standard InChI is InChI=1S/C12H21N3S/c1-4-10(9-5-6-9)13-12-15-14-11(16-12)7-8(2)3/h8-10H,4-7H2,1-3H3,(H,13,15). The fraction of sp³-hybridized carbons (Fsp3) is 0.833. The van der Waals surface area contributed by atoms with Gasteiger partial charge in [0.05, 0.1) is 0 Å². The highest BCUT2D eigenvalue weighted by Gasteiger charge is 2.30. The average molecular weight is 239 g/mol. The van der Waals surface area contributed by atoms with Crippen LogP contribution in [0.4, 0.5) is 5.13 Å². The highest BCUT2D eigenvalue weighted by atomic mass is 32.1. The lowest BCUT2D eigenvalue weighted by molar-refractivity contribution is 0.614. The number of rotatable bonds is 6. The van der Waals surface area contributed by atoms with Crippen molar-refractivity contribution >= 4 is 16.5 Å². The Hall–Kier alpha value is -0.640. The number of anilines is 1. The molecule has 1 heterocycles. The maximum absolute atomic E-state index is 4.23. The fourth-order valence-corrected chi connectivity index (χ4v) is 2.97. The SMILES string of the molecule is CCC(Nc1nnc(CC(C)C)s1)C1CC1. The zero-order valence-electron chi connectivity index (χ0n) is 10.4. The summed E-state index contributed by atoms with van der Waals surface area (Å²) >= 11 is 1.72. The Morgan fingerprint density at radius 3 is 2.69 bits per heavy atom. The Morgan fingerprint density at radius 2 is 2.12 bits per heavy atom. The zero-order valence-corrected chi connectivity index (χ0v) is 11.2. The van der Waals surface area contributed by atoms with Crippen LogP contribution in [0.25, 0.3) is 0 Å². The van der Waals surface area contributed by atoms with Crippen LogP contribution in [0.5, 0.6) is 0 Å². The van der Waals surface area contributed by atoms with E-state index in [9.17, 15) is 0 Å². The van der Waals surface area contributed by atoms with E-state index in [0.29, 0.717) is 12.0 Å². The normalized spacial score (nSPS) is 17.8. The lowest BCUT2D eigenvalue weighted by Gasteiger charge is -2.14. The van der Waals surface area contributed by atoms with E-state index < -0.39 is 0 Å². The quantitative estimate of drug-likeness (QED) is 0.827. The zero-order chi connectivity index (χ0) is 11.5. The van der Waals surface area contributed by atoms with Crippen LogP contribution < -0.4 is 5.32 Å². The molecule has 1 aromatic heterocycles. The first-order valence-corrected chi connectivity index (χ1v) is 7.09. The molecule has 1 saturated carbocycles. The molecule has 1 N–H and O–H groups in total. The maximum Gasteiger partial charge on any atom is 0.205 e. The molecule has 0 amide bonds. The van der Waals surface area contributed by atoms with Crippen LogP contribution in [0, 0.1) is 11.8 Å². The second-order valence-corrected chi connectivity index (χ2v) is 6.16. The van der Waals surface area contributed by atoms with Gasteiger partial charge in [0.15, 0.2) is 0 Å². The molecule has 1 atom stereocenters. The summed E-state index contributed by atoms with van der Waals surface area (Å²) in [6.45, 7) is 6.67. The van der Waals surface area contributed by atoms with E-state index in [0.717, 1.165) is 22.5 Å². The van der Waals surface area contributed by atoms with E-state index in [-0.39, 0.29) is 0 Å². The molecular formula is C12H21N3S. The summed E-state index contributed by atoms with van der Waals surface area (Å²) in [4.78, 5) is 0.